The Bertz CT molecular complexity index is 802. The Hall–Kier alpha value is -1.69. The Morgan fingerprint density at radius 2 is 1.96 bits per heavy atom. The molecule has 0 radical (unpaired) electrons. The fraction of sp³-hybridized carbons (Fsp3) is 0.300. The number of anilines is 1. The molecule has 3 nitrogen and oxygen atoms in total. The number of ether oxygens (including phenoxy) is 2. The van der Waals surface area contributed by atoms with Crippen LogP contribution >= 0.6 is 22.6 Å². The molecule has 1 aliphatic heterocycles. The van der Waals surface area contributed by atoms with Crippen LogP contribution in [-0.2, 0) is 0 Å². The summed E-state index contributed by atoms with van der Waals surface area (Å²) in [5.41, 5.74) is 3.79. The molecule has 2 aromatic rings. The van der Waals surface area contributed by atoms with Gasteiger partial charge in [-0.05, 0) is 64.8 Å². The van der Waals surface area contributed by atoms with Gasteiger partial charge in [-0.25, -0.2) is 0 Å². The van der Waals surface area contributed by atoms with Crippen molar-refractivity contribution >= 4 is 28.3 Å². The number of benzene rings is 2. The minimum atomic E-state index is 0.211. The fourth-order valence-corrected chi connectivity index (χ4v) is 4.55. The lowest BCUT2D eigenvalue weighted by Gasteiger charge is -2.38. The van der Waals surface area contributed by atoms with E-state index in [2.05, 4.69) is 64.3 Å². The number of halogens is 1. The summed E-state index contributed by atoms with van der Waals surface area (Å²) in [4.78, 5) is 0. The van der Waals surface area contributed by atoms with Crippen molar-refractivity contribution in [3.8, 4) is 11.5 Å². The summed E-state index contributed by atoms with van der Waals surface area (Å²) in [5.74, 6) is 2.57. The predicted molar refractivity (Wildman–Crippen MR) is 105 cm³/mol. The molecule has 124 valence electrons. The summed E-state index contributed by atoms with van der Waals surface area (Å²) < 4.78 is 12.5. The molecule has 0 unspecified atom stereocenters. The maximum absolute atomic E-state index is 5.69. The molecular weight excluding hydrogens is 413 g/mol. The Morgan fingerprint density at radius 1 is 1.08 bits per heavy atom. The highest BCUT2D eigenvalue weighted by atomic mass is 127. The molecule has 0 fully saturated rings. The molecule has 0 amide bonds. The van der Waals surface area contributed by atoms with Gasteiger partial charge in [-0.1, -0.05) is 24.3 Å². The molecule has 3 atom stereocenters. The molecule has 0 aromatic heterocycles. The average Bonchev–Trinajstić information content (AvgIpc) is 3.10. The van der Waals surface area contributed by atoms with Gasteiger partial charge in [0.05, 0.1) is 20.3 Å². The Labute approximate surface area is 156 Å². The first-order valence-corrected chi connectivity index (χ1v) is 9.24. The average molecular weight is 433 g/mol. The van der Waals surface area contributed by atoms with Gasteiger partial charge in [0.25, 0.3) is 0 Å². The second-order valence-corrected chi connectivity index (χ2v) is 7.54. The maximum atomic E-state index is 5.69. The molecule has 1 heterocycles. The number of fused-ring (bicyclic) bond motifs is 3. The molecule has 4 heteroatoms. The summed E-state index contributed by atoms with van der Waals surface area (Å²) in [6.45, 7) is 0. The van der Waals surface area contributed by atoms with Crippen LogP contribution in [0.5, 0.6) is 11.5 Å². The van der Waals surface area contributed by atoms with E-state index in [0.717, 1.165) is 17.9 Å². The molecule has 0 saturated heterocycles. The third-order valence-corrected chi connectivity index (χ3v) is 5.76. The van der Waals surface area contributed by atoms with Crippen LogP contribution in [0.4, 0.5) is 5.69 Å². The number of allylic oxidation sites excluding steroid dienone is 2. The van der Waals surface area contributed by atoms with E-state index in [1.54, 1.807) is 14.2 Å². The highest BCUT2D eigenvalue weighted by Crippen LogP contribution is 2.52. The van der Waals surface area contributed by atoms with Gasteiger partial charge in [-0.3, -0.25) is 0 Å². The van der Waals surface area contributed by atoms with E-state index in [4.69, 9.17) is 9.47 Å². The van der Waals surface area contributed by atoms with E-state index >= 15 is 0 Å². The third-order valence-electron chi connectivity index (χ3n) is 5.09. The van der Waals surface area contributed by atoms with Crippen LogP contribution in [-0.4, -0.2) is 14.2 Å². The summed E-state index contributed by atoms with van der Waals surface area (Å²) in [5, 5.41) is 3.76. The van der Waals surface area contributed by atoms with Crippen molar-refractivity contribution in [2.45, 2.75) is 18.4 Å². The lowest BCUT2D eigenvalue weighted by molar-refractivity contribution is 0.341. The molecular formula is C20H20INO2. The molecule has 1 aliphatic carbocycles. The van der Waals surface area contributed by atoms with Crippen LogP contribution in [0.1, 0.15) is 29.5 Å². The van der Waals surface area contributed by atoms with Gasteiger partial charge in [0.2, 0.25) is 0 Å². The number of methoxy groups -OCH3 is 2. The zero-order chi connectivity index (χ0) is 16.7. The zero-order valence-corrected chi connectivity index (χ0v) is 15.9. The first-order valence-electron chi connectivity index (χ1n) is 8.16. The lowest BCUT2D eigenvalue weighted by Crippen LogP contribution is -2.29. The first kappa shape index (κ1) is 15.8. The largest absolute Gasteiger partial charge is 0.493 e. The molecule has 2 aliphatic rings. The number of hydrogen-bond donors (Lipinski definition) is 1. The number of para-hydroxylation sites is 1. The van der Waals surface area contributed by atoms with Gasteiger partial charge in [0.15, 0.2) is 11.5 Å². The lowest BCUT2D eigenvalue weighted by atomic mass is 9.77. The summed E-state index contributed by atoms with van der Waals surface area (Å²) in [7, 11) is 3.40. The predicted octanol–water partition coefficient (Wildman–Crippen LogP) is 5.13. The van der Waals surface area contributed by atoms with Crippen molar-refractivity contribution in [2.24, 2.45) is 5.92 Å². The van der Waals surface area contributed by atoms with Crippen molar-refractivity contribution in [1.29, 1.82) is 0 Å². The molecule has 2 aromatic carbocycles. The summed E-state index contributed by atoms with van der Waals surface area (Å²) in [6.07, 6.45) is 5.75. The van der Waals surface area contributed by atoms with Crippen molar-refractivity contribution < 1.29 is 9.47 Å². The molecule has 0 bridgehead atoms. The molecule has 0 spiro atoms. The smallest absolute Gasteiger partial charge is 0.165 e. The fourth-order valence-electron chi connectivity index (χ4n) is 4.03. The molecule has 0 saturated carbocycles. The van der Waals surface area contributed by atoms with E-state index in [9.17, 15) is 0 Å². The van der Waals surface area contributed by atoms with Crippen LogP contribution in [0, 0.1) is 9.49 Å². The van der Waals surface area contributed by atoms with Crippen molar-refractivity contribution in [2.75, 3.05) is 19.5 Å². The van der Waals surface area contributed by atoms with E-state index in [-0.39, 0.29) is 6.04 Å². The van der Waals surface area contributed by atoms with Crippen molar-refractivity contribution in [3.63, 3.8) is 0 Å². The van der Waals surface area contributed by atoms with E-state index < -0.39 is 0 Å². The quantitative estimate of drug-likeness (QED) is 0.538. The second kappa shape index (κ2) is 6.31. The molecule has 24 heavy (non-hydrogen) atoms. The van der Waals surface area contributed by atoms with Gasteiger partial charge in [0, 0.05) is 20.7 Å². The Balaban J connectivity index is 1.82. The van der Waals surface area contributed by atoms with Gasteiger partial charge >= 0.3 is 0 Å². The summed E-state index contributed by atoms with van der Waals surface area (Å²) in [6, 6.07) is 13.0. The number of rotatable bonds is 3. The standard InChI is InChI=1S/C20H20INO2/c1-23-18-8-4-7-15(20(18)24-2)19-14-6-3-5-13(14)16-11-12(21)9-10-17(16)22-19/h3-5,7-11,13-14,19,22H,6H2,1-2H3/t13-,14+,19-/m0/s1. The highest BCUT2D eigenvalue weighted by molar-refractivity contribution is 14.1. The first-order chi connectivity index (χ1) is 11.7. The van der Waals surface area contributed by atoms with Gasteiger partial charge in [-0.2, -0.15) is 0 Å². The van der Waals surface area contributed by atoms with Crippen LogP contribution in [0.15, 0.2) is 48.6 Å². The third kappa shape index (κ3) is 2.48. The minimum absolute atomic E-state index is 0.211. The second-order valence-electron chi connectivity index (χ2n) is 6.29. The number of nitrogens with one attached hydrogen (secondary N) is 1. The van der Waals surface area contributed by atoms with Crippen LogP contribution in [0.25, 0.3) is 0 Å². The van der Waals surface area contributed by atoms with Gasteiger partial charge in [0.1, 0.15) is 0 Å². The number of hydrogen-bond acceptors (Lipinski definition) is 3. The summed E-state index contributed by atoms with van der Waals surface area (Å²) >= 11 is 2.39. The SMILES string of the molecule is COc1cccc([C@H]2Nc3ccc(I)cc3[C@H]3C=CC[C@H]32)c1OC. The topological polar surface area (TPSA) is 30.5 Å². The zero-order valence-electron chi connectivity index (χ0n) is 13.8. The molecule has 1 N–H and O–H groups in total. The van der Waals surface area contributed by atoms with Gasteiger partial charge < -0.3 is 14.8 Å². The monoisotopic (exact) mass is 433 g/mol. The van der Waals surface area contributed by atoms with Gasteiger partial charge in [-0.15, -0.1) is 0 Å². The Morgan fingerprint density at radius 3 is 2.75 bits per heavy atom. The van der Waals surface area contributed by atoms with Crippen molar-refractivity contribution in [1.82, 2.24) is 0 Å². The normalized spacial score (nSPS) is 24.0. The highest BCUT2D eigenvalue weighted by Gasteiger charge is 2.39. The van der Waals surface area contributed by atoms with Crippen LogP contribution < -0.4 is 14.8 Å². The van der Waals surface area contributed by atoms with E-state index in [1.807, 2.05) is 12.1 Å². The Kier molecular flexibility index (Phi) is 4.16. The van der Waals surface area contributed by atoms with Crippen LogP contribution in [0.3, 0.4) is 0 Å². The van der Waals surface area contributed by atoms with E-state index in [1.165, 1.54) is 20.4 Å². The molecule has 4 rings (SSSR count). The van der Waals surface area contributed by atoms with Crippen molar-refractivity contribution in [3.05, 3.63) is 63.2 Å². The van der Waals surface area contributed by atoms with Crippen LogP contribution in [0.2, 0.25) is 0 Å². The minimum Gasteiger partial charge on any atom is -0.493 e. The maximum Gasteiger partial charge on any atom is 0.165 e. The van der Waals surface area contributed by atoms with E-state index in [0.29, 0.717) is 11.8 Å².